The molecule has 0 rings (SSSR count). The minimum absolute atomic E-state index is 0.996. The summed E-state index contributed by atoms with van der Waals surface area (Å²) in [5, 5.41) is 8.18. The first kappa shape index (κ1) is 11.3. The number of hydrogen-bond acceptors (Lipinski definition) is 2. The van der Waals surface area contributed by atoms with Crippen molar-refractivity contribution < 1.29 is 9.80 Å². The molecule has 0 saturated carbocycles. The van der Waals surface area contributed by atoms with Crippen molar-refractivity contribution in [3.05, 3.63) is 0 Å². The summed E-state index contributed by atoms with van der Waals surface area (Å²) in [4.78, 5) is 2.42. The first-order chi connectivity index (χ1) is 5.45. The molecular formula is C8H20N4+2. The molecule has 0 spiro atoms. The molecule has 0 aliphatic heterocycles. The van der Waals surface area contributed by atoms with Crippen LogP contribution in [0.4, 0.5) is 0 Å². The van der Waals surface area contributed by atoms with Crippen LogP contribution in [0, 0.1) is 0 Å². The van der Waals surface area contributed by atoms with E-state index in [9.17, 15) is 0 Å². The Morgan fingerprint density at radius 1 is 0.750 bits per heavy atom. The Labute approximate surface area is 74.6 Å². The minimum Gasteiger partial charge on any atom is -0.294 e. The van der Waals surface area contributed by atoms with E-state index in [-0.39, 0.29) is 0 Å². The van der Waals surface area contributed by atoms with Gasteiger partial charge in [-0.05, 0) is 0 Å². The molecule has 0 unspecified atom stereocenters. The molecule has 4 nitrogen and oxygen atoms in total. The molecule has 0 saturated heterocycles. The van der Waals surface area contributed by atoms with Crippen molar-refractivity contribution in [3.63, 3.8) is 0 Å². The Morgan fingerprint density at radius 3 is 1.17 bits per heavy atom. The molecule has 0 heterocycles. The van der Waals surface area contributed by atoms with Crippen LogP contribution >= 0.6 is 0 Å². The number of rotatable bonds is 1. The highest BCUT2D eigenvalue weighted by Crippen LogP contribution is 1.71. The summed E-state index contributed by atoms with van der Waals surface area (Å²) in [5.41, 5.74) is 0. The van der Waals surface area contributed by atoms with Gasteiger partial charge in [0.05, 0.1) is 28.2 Å². The van der Waals surface area contributed by atoms with Crippen molar-refractivity contribution >= 4 is 11.7 Å². The summed E-state index contributed by atoms with van der Waals surface area (Å²) in [6.45, 7) is 3.94. The van der Waals surface area contributed by atoms with Crippen molar-refractivity contribution in [1.29, 1.82) is 0 Å². The van der Waals surface area contributed by atoms with E-state index < -0.39 is 0 Å². The second kappa shape index (κ2) is 5.00. The monoisotopic (exact) mass is 172 g/mol. The van der Waals surface area contributed by atoms with Crippen LogP contribution < -0.4 is 9.80 Å². The summed E-state index contributed by atoms with van der Waals surface area (Å²) in [5.74, 6) is 1.99. The molecule has 2 N–H and O–H groups in total. The summed E-state index contributed by atoms with van der Waals surface area (Å²) < 4.78 is 0. The van der Waals surface area contributed by atoms with Gasteiger partial charge in [0.25, 0.3) is 0 Å². The molecule has 0 aromatic carbocycles. The fourth-order valence-corrected chi connectivity index (χ4v) is 0.350. The van der Waals surface area contributed by atoms with E-state index in [1.165, 1.54) is 9.80 Å². The Morgan fingerprint density at radius 2 is 1.00 bits per heavy atom. The minimum atomic E-state index is 0.996. The van der Waals surface area contributed by atoms with Gasteiger partial charge < -0.3 is 0 Å². The molecule has 0 fully saturated rings. The molecule has 4 heteroatoms. The largest absolute Gasteiger partial charge is 0.294 e. The molecule has 0 aliphatic carbocycles. The van der Waals surface area contributed by atoms with Gasteiger partial charge in [-0.25, -0.2) is 0 Å². The van der Waals surface area contributed by atoms with Crippen LogP contribution in [0.15, 0.2) is 10.2 Å². The molecule has 70 valence electrons. The molecule has 0 aromatic rings. The lowest BCUT2D eigenvalue weighted by Crippen LogP contribution is -3.08. The van der Waals surface area contributed by atoms with Gasteiger partial charge in [-0.2, -0.15) is 0 Å². The van der Waals surface area contributed by atoms with E-state index in [1.807, 2.05) is 42.0 Å². The molecule has 0 radical (unpaired) electrons. The second-order valence-electron chi connectivity index (χ2n) is 3.37. The predicted octanol–water partition coefficient (Wildman–Crippen LogP) is -1.97. The summed E-state index contributed by atoms with van der Waals surface area (Å²) in [6.07, 6.45) is 0. The van der Waals surface area contributed by atoms with Gasteiger partial charge in [-0.1, -0.05) is 10.2 Å². The maximum absolute atomic E-state index is 4.09. The highest BCUT2D eigenvalue weighted by molar-refractivity contribution is 5.74. The van der Waals surface area contributed by atoms with Gasteiger partial charge >= 0.3 is 0 Å². The summed E-state index contributed by atoms with van der Waals surface area (Å²) >= 11 is 0. The maximum Gasteiger partial charge on any atom is 0.217 e. The van der Waals surface area contributed by atoms with Gasteiger partial charge in [-0.15, -0.1) is 0 Å². The van der Waals surface area contributed by atoms with Crippen molar-refractivity contribution in [2.45, 2.75) is 13.8 Å². The quantitative estimate of drug-likeness (QED) is 0.261. The zero-order valence-electron chi connectivity index (χ0n) is 8.89. The molecule has 0 atom stereocenters. The molecule has 0 aliphatic rings. The van der Waals surface area contributed by atoms with Crippen molar-refractivity contribution in [1.82, 2.24) is 0 Å². The predicted molar refractivity (Wildman–Crippen MR) is 51.8 cm³/mol. The third-order valence-electron chi connectivity index (χ3n) is 1.80. The van der Waals surface area contributed by atoms with Gasteiger partial charge in [-0.3, -0.25) is 9.80 Å². The lowest BCUT2D eigenvalue weighted by atomic mass is 10.6. The third kappa shape index (κ3) is 4.20. The van der Waals surface area contributed by atoms with Crippen LogP contribution in [-0.2, 0) is 0 Å². The van der Waals surface area contributed by atoms with Crippen molar-refractivity contribution in [3.8, 4) is 0 Å². The zero-order chi connectivity index (χ0) is 9.72. The van der Waals surface area contributed by atoms with E-state index in [1.54, 1.807) is 0 Å². The number of quaternary nitrogens is 2. The van der Waals surface area contributed by atoms with E-state index in [0.717, 1.165) is 11.7 Å². The van der Waals surface area contributed by atoms with Crippen LogP contribution in [0.5, 0.6) is 0 Å². The van der Waals surface area contributed by atoms with Gasteiger partial charge in [0.2, 0.25) is 11.7 Å². The Balaban J connectivity index is 4.27. The van der Waals surface area contributed by atoms with Crippen molar-refractivity contribution in [2.24, 2.45) is 10.2 Å². The average molecular weight is 172 g/mol. The highest BCUT2D eigenvalue weighted by Gasteiger charge is 2.00. The molecule has 0 bridgehead atoms. The highest BCUT2D eigenvalue weighted by atomic mass is 15.3. The number of amidine groups is 2. The third-order valence-corrected chi connectivity index (χ3v) is 1.80. The first-order valence-electron chi connectivity index (χ1n) is 4.15. The number of hydrogen-bond donors (Lipinski definition) is 2. The van der Waals surface area contributed by atoms with Crippen LogP contribution in [0.25, 0.3) is 0 Å². The smallest absolute Gasteiger partial charge is 0.217 e. The lowest BCUT2D eigenvalue weighted by molar-refractivity contribution is -0.760. The molecule has 12 heavy (non-hydrogen) atoms. The Hall–Kier alpha value is -0.740. The van der Waals surface area contributed by atoms with Gasteiger partial charge in [0, 0.05) is 13.8 Å². The van der Waals surface area contributed by atoms with Gasteiger partial charge in [0.1, 0.15) is 0 Å². The molecule has 0 aromatic heterocycles. The number of nitrogens with zero attached hydrogens (tertiary/aromatic N) is 2. The van der Waals surface area contributed by atoms with E-state index in [0.29, 0.717) is 0 Å². The fourth-order valence-electron chi connectivity index (χ4n) is 0.350. The standard InChI is InChI=1S/C8H18N4/c1-7(11(3)4)9-10-8(2)12(5)6/h1-6H3/p+2/b9-7+,10-8+. The van der Waals surface area contributed by atoms with Crippen molar-refractivity contribution in [2.75, 3.05) is 28.2 Å². The molecular weight excluding hydrogens is 152 g/mol. The summed E-state index contributed by atoms with van der Waals surface area (Å²) in [6, 6.07) is 0. The number of nitrogens with one attached hydrogen (secondary N) is 2. The fraction of sp³-hybridized carbons (Fsp3) is 0.750. The summed E-state index contributed by atoms with van der Waals surface area (Å²) in [7, 11) is 8.14. The SMILES string of the molecule is C/C(=N\N=C(/C)[NH+](C)C)[NH+](C)C. The lowest BCUT2D eigenvalue weighted by Gasteiger charge is -2.04. The van der Waals surface area contributed by atoms with E-state index in [2.05, 4.69) is 10.2 Å². The average Bonchev–Trinajstić information content (AvgIpc) is 1.98. The van der Waals surface area contributed by atoms with E-state index >= 15 is 0 Å². The van der Waals surface area contributed by atoms with Crippen LogP contribution in [0.3, 0.4) is 0 Å². The van der Waals surface area contributed by atoms with E-state index in [4.69, 9.17) is 0 Å². The first-order valence-corrected chi connectivity index (χ1v) is 4.15. The second-order valence-corrected chi connectivity index (χ2v) is 3.37. The topological polar surface area (TPSA) is 33.6 Å². The van der Waals surface area contributed by atoms with Crippen LogP contribution in [-0.4, -0.2) is 39.9 Å². The molecule has 0 amide bonds. The van der Waals surface area contributed by atoms with Crippen LogP contribution in [0.2, 0.25) is 0 Å². The Bertz CT molecular complexity index is 169. The van der Waals surface area contributed by atoms with Gasteiger partial charge in [0.15, 0.2) is 0 Å². The normalized spacial score (nSPS) is 14.7. The van der Waals surface area contributed by atoms with Crippen LogP contribution in [0.1, 0.15) is 13.8 Å². The Kier molecular flexibility index (Phi) is 4.70. The zero-order valence-corrected chi connectivity index (χ0v) is 8.89. The maximum atomic E-state index is 4.09.